The fourth-order valence-electron chi connectivity index (χ4n) is 2.20. The highest BCUT2D eigenvalue weighted by atomic mass is 15.1. The molecule has 0 atom stereocenters. The average Bonchev–Trinajstić information content (AvgIpc) is 2.85. The Labute approximate surface area is 105 Å². The third-order valence-corrected chi connectivity index (χ3v) is 3.13. The van der Waals surface area contributed by atoms with E-state index in [1.165, 1.54) is 58.3 Å². The van der Waals surface area contributed by atoms with Crippen LogP contribution in [0, 0.1) is 0 Å². The van der Waals surface area contributed by atoms with Crippen molar-refractivity contribution in [2.24, 2.45) is 11.5 Å². The number of piperidine rings is 1. The Morgan fingerprint density at radius 2 is 0.941 bits per heavy atom. The molecule has 0 spiro atoms. The Morgan fingerprint density at radius 1 is 0.588 bits per heavy atom. The first kappa shape index (κ1) is 13.7. The van der Waals surface area contributed by atoms with E-state index in [4.69, 9.17) is 11.5 Å². The van der Waals surface area contributed by atoms with Crippen LogP contribution in [0.5, 0.6) is 0 Å². The second-order valence-electron chi connectivity index (χ2n) is 4.52. The Hall–Kier alpha value is -1.32. The normalized spacial score (nSPS) is 20.9. The number of hydrogen-bond acceptors (Lipinski definition) is 4. The van der Waals surface area contributed by atoms with E-state index in [0.717, 1.165) is 0 Å². The topological polar surface area (TPSA) is 58.5 Å². The van der Waals surface area contributed by atoms with Gasteiger partial charge in [-0.3, -0.25) is 0 Å². The minimum atomic E-state index is 1.19. The van der Waals surface area contributed by atoms with Crippen LogP contribution in [0.3, 0.4) is 0 Å². The number of likely N-dealkylation sites (tertiary alicyclic amines) is 2. The third-order valence-electron chi connectivity index (χ3n) is 3.13. The maximum absolute atomic E-state index is 5.24. The number of nitrogens with two attached hydrogens (primary N) is 2. The quantitative estimate of drug-likeness (QED) is 0.764. The van der Waals surface area contributed by atoms with Crippen LogP contribution in [0.2, 0.25) is 0 Å². The number of hydrogen-bond donors (Lipinski definition) is 2. The minimum absolute atomic E-state index is 1.19. The molecule has 0 aromatic rings. The van der Waals surface area contributed by atoms with Gasteiger partial charge in [-0.1, -0.05) is 0 Å². The molecule has 4 heteroatoms. The van der Waals surface area contributed by atoms with Gasteiger partial charge in [0.05, 0.1) is 0 Å². The largest absolute Gasteiger partial charge is 0.403 e. The SMILES string of the molecule is NC=CN1CCCC1.NC=CN1CCCCC1. The van der Waals surface area contributed by atoms with Crippen molar-refractivity contribution in [1.29, 1.82) is 0 Å². The maximum atomic E-state index is 5.24. The summed E-state index contributed by atoms with van der Waals surface area (Å²) in [5, 5.41) is 0. The van der Waals surface area contributed by atoms with Gasteiger partial charge in [0.25, 0.3) is 0 Å². The van der Waals surface area contributed by atoms with E-state index in [9.17, 15) is 0 Å². The first-order valence-electron chi connectivity index (χ1n) is 6.61. The molecule has 98 valence electrons. The second kappa shape index (κ2) is 8.79. The van der Waals surface area contributed by atoms with Crippen LogP contribution in [0.4, 0.5) is 0 Å². The van der Waals surface area contributed by atoms with Gasteiger partial charge < -0.3 is 21.3 Å². The molecular weight excluding hydrogens is 212 g/mol. The lowest BCUT2D eigenvalue weighted by Crippen LogP contribution is -2.24. The Kier molecular flexibility index (Phi) is 7.11. The predicted octanol–water partition coefficient (Wildman–Crippen LogP) is 1.41. The molecule has 2 aliphatic heterocycles. The van der Waals surface area contributed by atoms with E-state index in [0.29, 0.717) is 0 Å². The molecule has 0 aromatic carbocycles. The van der Waals surface area contributed by atoms with Gasteiger partial charge in [0.15, 0.2) is 0 Å². The van der Waals surface area contributed by atoms with Crippen molar-refractivity contribution >= 4 is 0 Å². The molecule has 0 unspecified atom stereocenters. The molecule has 2 aliphatic rings. The highest BCUT2D eigenvalue weighted by molar-refractivity contribution is 4.80. The second-order valence-corrected chi connectivity index (χ2v) is 4.52. The van der Waals surface area contributed by atoms with Gasteiger partial charge in [0.2, 0.25) is 0 Å². The Morgan fingerprint density at radius 3 is 1.29 bits per heavy atom. The first-order chi connectivity index (χ1) is 8.36. The Bertz CT molecular complexity index is 226. The zero-order valence-electron chi connectivity index (χ0n) is 10.7. The highest BCUT2D eigenvalue weighted by Crippen LogP contribution is 2.07. The van der Waals surface area contributed by atoms with Crippen molar-refractivity contribution < 1.29 is 0 Å². The smallest absolute Gasteiger partial charge is 0.0173 e. The van der Waals surface area contributed by atoms with Gasteiger partial charge in [0, 0.05) is 51.0 Å². The molecule has 2 rings (SSSR count). The van der Waals surface area contributed by atoms with Gasteiger partial charge >= 0.3 is 0 Å². The molecule has 4 N–H and O–H groups in total. The van der Waals surface area contributed by atoms with Crippen LogP contribution >= 0.6 is 0 Å². The molecule has 2 heterocycles. The van der Waals surface area contributed by atoms with Gasteiger partial charge in [-0.15, -0.1) is 0 Å². The fraction of sp³-hybridized carbons (Fsp3) is 0.692. The van der Waals surface area contributed by atoms with E-state index in [2.05, 4.69) is 9.80 Å². The van der Waals surface area contributed by atoms with E-state index < -0.39 is 0 Å². The van der Waals surface area contributed by atoms with E-state index in [1.807, 2.05) is 12.4 Å². The zero-order chi connectivity index (χ0) is 12.3. The van der Waals surface area contributed by atoms with E-state index >= 15 is 0 Å². The molecule has 0 saturated carbocycles. The summed E-state index contributed by atoms with van der Waals surface area (Å²) in [7, 11) is 0. The lowest BCUT2D eigenvalue weighted by molar-refractivity contribution is 0.309. The van der Waals surface area contributed by atoms with Crippen LogP contribution < -0.4 is 11.5 Å². The molecule has 0 aliphatic carbocycles. The summed E-state index contributed by atoms with van der Waals surface area (Å²) in [6.45, 7) is 4.75. The zero-order valence-corrected chi connectivity index (χ0v) is 10.7. The lowest BCUT2D eigenvalue weighted by Gasteiger charge is -2.24. The highest BCUT2D eigenvalue weighted by Gasteiger charge is 2.05. The van der Waals surface area contributed by atoms with Gasteiger partial charge in [0.1, 0.15) is 0 Å². The summed E-state index contributed by atoms with van der Waals surface area (Å²) in [5.74, 6) is 0. The van der Waals surface area contributed by atoms with Gasteiger partial charge in [-0.2, -0.15) is 0 Å². The number of nitrogens with zero attached hydrogens (tertiary/aromatic N) is 2. The van der Waals surface area contributed by atoms with Crippen molar-refractivity contribution in [3.8, 4) is 0 Å². The van der Waals surface area contributed by atoms with Crippen LogP contribution in [0.1, 0.15) is 32.1 Å². The summed E-state index contributed by atoms with van der Waals surface area (Å²) < 4.78 is 0. The molecule has 0 radical (unpaired) electrons. The van der Waals surface area contributed by atoms with Crippen molar-refractivity contribution in [2.45, 2.75) is 32.1 Å². The summed E-state index contributed by atoms with van der Waals surface area (Å²) in [6.07, 6.45) is 13.8. The first-order valence-corrected chi connectivity index (χ1v) is 6.61. The van der Waals surface area contributed by atoms with Gasteiger partial charge in [-0.25, -0.2) is 0 Å². The summed E-state index contributed by atoms with van der Waals surface area (Å²) >= 11 is 0. The van der Waals surface area contributed by atoms with Crippen molar-refractivity contribution in [3.63, 3.8) is 0 Å². The number of rotatable bonds is 2. The monoisotopic (exact) mass is 238 g/mol. The third kappa shape index (κ3) is 6.09. The van der Waals surface area contributed by atoms with Crippen LogP contribution in [-0.4, -0.2) is 36.0 Å². The van der Waals surface area contributed by atoms with E-state index in [1.54, 1.807) is 12.4 Å². The van der Waals surface area contributed by atoms with Crippen LogP contribution in [0.25, 0.3) is 0 Å². The minimum Gasteiger partial charge on any atom is -0.403 e. The van der Waals surface area contributed by atoms with Crippen molar-refractivity contribution in [1.82, 2.24) is 9.80 Å². The fourth-order valence-corrected chi connectivity index (χ4v) is 2.20. The van der Waals surface area contributed by atoms with Crippen molar-refractivity contribution in [2.75, 3.05) is 26.2 Å². The van der Waals surface area contributed by atoms with Crippen molar-refractivity contribution in [3.05, 3.63) is 24.8 Å². The predicted molar refractivity (Wildman–Crippen MR) is 72.9 cm³/mol. The van der Waals surface area contributed by atoms with E-state index in [-0.39, 0.29) is 0 Å². The van der Waals surface area contributed by atoms with Crippen LogP contribution in [0.15, 0.2) is 24.8 Å². The molecule has 2 saturated heterocycles. The van der Waals surface area contributed by atoms with Crippen LogP contribution in [-0.2, 0) is 0 Å². The molecular formula is C13H26N4. The summed E-state index contributed by atoms with van der Waals surface area (Å²) in [5.41, 5.74) is 10.4. The maximum Gasteiger partial charge on any atom is 0.0173 e. The summed E-state index contributed by atoms with van der Waals surface area (Å²) in [4.78, 5) is 4.50. The molecule has 0 aromatic heterocycles. The molecule has 0 amide bonds. The molecule has 4 nitrogen and oxygen atoms in total. The average molecular weight is 238 g/mol. The summed E-state index contributed by atoms with van der Waals surface area (Å²) in [6, 6.07) is 0. The molecule has 2 fully saturated rings. The molecule has 0 bridgehead atoms. The standard InChI is InChI=1S/C7H14N2.C6H12N2/c8-4-7-9-5-2-1-3-6-9;7-3-6-8-4-1-2-5-8/h4,7H,1-3,5-6,8H2;3,6H,1-2,4-5,7H2. The molecule has 17 heavy (non-hydrogen) atoms. The Balaban J connectivity index is 0.000000171. The van der Waals surface area contributed by atoms with Gasteiger partial charge in [-0.05, 0) is 32.1 Å². The lowest BCUT2D eigenvalue weighted by atomic mass is 10.1.